The molecule has 0 unspecified atom stereocenters. The summed E-state index contributed by atoms with van der Waals surface area (Å²) < 4.78 is 28.2. The molecule has 0 radical (unpaired) electrons. The van der Waals surface area contributed by atoms with Crippen molar-refractivity contribution in [1.82, 2.24) is 0 Å². The van der Waals surface area contributed by atoms with Gasteiger partial charge in [-0.1, -0.05) is 58.5 Å². The molecule has 0 bridgehead atoms. The molecule has 0 aromatic carbocycles. The molecule has 0 aromatic heterocycles. The van der Waals surface area contributed by atoms with Crippen LogP contribution in [0.5, 0.6) is 0 Å². The zero-order chi connectivity index (χ0) is 28.3. The summed E-state index contributed by atoms with van der Waals surface area (Å²) in [6.07, 6.45) is -0.666. The van der Waals surface area contributed by atoms with Crippen LogP contribution in [0.4, 0.5) is 0 Å². The Morgan fingerprint density at radius 3 is 1.55 bits per heavy atom. The van der Waals surface area contributed by atoms with Gasteiger partial charge in [0, 0.05) is 30.6 Å². The van der Waals surface area contributed by atoms with Gasteiger partial charge in [-0.15, -0.1) is 0 Å². The summed E-state index contributed by atoms with van der Waals surface area (Å²) >= 11 is 0. The Kier molecular flexibility index (Phi) is 16.8. The molecule has 0 amide bonds. The summed E-state index contributed by atoms with van der Waals surface area (Å²) in [5, 5.41) is 3.62. The molecule has 38 heavy (non-hydrogen) atoms. The Labute approximate surface area is 224 Å². The second-order valence-electron chi connectivity index (χ2n) is 9.23. The summed E-state index contributed by atoms with van der Waals surface area (Å²) in [6, 6.07) is 0. The third-order valence-electron chi connectivity index (χ3n) is 5.92. The van der Waals surface area contributed by atoms with E-state index in [2.05, 4.69) is 10.0 Å². The fraction of sp³-hybridized carbons (Fsp3) is 0.846. The molecule has 12 nitrogen and oxygen atoms in total. The van der Waals surface area contributed by atoms with Gasteiger partial charge in [-0.3, -0.25) is 19.2 Å². The topological polar surface area (TPSA) is 163 Å². The average Bonchev–Trinajstić information content (AvgIpc) is 2.90. The Balaban J connectivity index is 3.36. The van der Waals surface area contributed by atoms with E-state index in [9.17, 15) is 19.2 Å². The van der Waals surface area contributed by atoms with E-state index >= 15 is 0 Å². The Morgan fingerprint density at radius 1 is 0.684 bits per heavy atom. The average molecular weight is 542 g/mol. The third kappa shape index (κ3) is 12.1. The molecular weight excluding hydrogens is 498 g/mol. The molecule has 0 saturated carbocycles. The van der Waals surface area contributed by atoms with Crippen LogP contribution in [0.2, 0.25) is 0 Å². The highest BCUT2D eigenvalue weighted by Crippen LogP contribution is 2.31. The van der Waals surface area contributed by atoms with Crippen molar-refractivity contribution >= 4 is 23.9 Å². The van der Waals surface area contributed by atoms with E-state index in [1.54, 1.807) is 0 Å². The first-order valence-corrected chi connectivity index (χ1v) is 13.7. The lowest BCUT2D eigenvalue weighted by atomic mass is 9.97. The van der Waals surface area contributed by atoms with Crippen molar-refractivity contribution in [1.29, 1.82) is 0 Å². The van der Waals surface area contributed by atoms with Gasteiger partial charge in [-0.2, -0.15) is 0 Å². The molecule has 1 saturated heterocycles. The molecule has 1 fully saturated rings. The monoisotopic (exact) mass is 541 g/mol. The summed E-state index contributed by atoms with van der Waals surface area (Å²) in [6.45, 7) is 7.35. The minimum Gasteiger partial charge on any atom is -0.463 e. The molecule has 0 aromatic rings. The molecular formula is C26H43N3O9. The lowest BCUT2D eigenvalue weighted by Crippen LogP contribution is -2.62. The molecule has 0 spiro atoms. The number of nitrogens with zero attached hydrogens (tertiary/aromatic N) is 3. The number of hydrogen-bond donors (Lipinski definition) is 0. The Morgan fingerprint density at radius 2 is 1.11 bits per heavy atom. The van der Waals surface area contributed by atoms with Gasteiger partial charge in [-0.25, -0.2) is 0 Å². The number of hydrogen-bond acceptors (Lipinski definition) is 10. The van der Waals surface area contributed by atoms with Crippen LogP contribution in [-0.2, 0) is 42.9 Å². The fourth-order valence-corrected chi connectivity index (χ4v) is 3.74. The first-order chi connectivity index (χ1) is 18.3. The standard InChI is InChI=1S/C26H43N3O9/c1-5-9-13-19(30)34-17-18-23(36-20(31)14-10-6-2)24(37-21(32)15-11-7-3)25(26(35-18)28-29-27)38-22(33)16-12-8-4/h18,23-26H,5-17H2,1-4H3/t18-,23-,24+,25-,26-/m1/s1. The lowest BCUT2D eigenvalue weighted by Gasteiger charge is -2.43. The van der Waals surface area contributed by atoms with Crippen LogP contribution in [-0.4, -0.2) is 61.1 Å². The Bertz CT molecular complexity index is 801. The zero-order valence-corrected chi connectivity index (χ0v) is 23.1. The maximum atomic E-state index is 12.7. The highest BCUT2D eigenvalue weighted by atomic mass is 16.7. The second kappa shape index (κ2) is 19.3. The molecule has 216 valence electrons. The van der Waals surface area contributed by atoms with Gasteiger partial charge >= 0.3 is 23.9 Å². The quantitative estimate of drug-likeness (QED) is 0.0758. The number of rotatable bonds is 18. The van der Waals surface area contributed by atoms with Crippen LogP contribution in [0, 0.1) is 0 Å². The van der Waals surface area contributed by atoms with Crippen molar-refractivity contribution in [3.63, 3.8) is 0 Å². The molecule has 1 rings (SSSR count). The maximum Gasteiger partial charge on any atom is 0.306 e. The SMILES string of the molecule is CCCCC(=O)OC[C@H]1O[C@@H](N=[N+]=[N-])[C@H](OC(=O)CCCC)[C@@H](OC(=O)CCCC)[C@@H]1OC(=O)CCCC. The maximum absolute atomic E-state index is 12.7. The van der Waals surface area contributed by atoms with Gasteiger partial charge < -0.3 is 23.7 Å². The van der Waals surface area contributed by atoms with E-state index in [0.29, 0.717) is 25.7 Å². The van der Waals surface area contributed by atoms with Gasteiger partial charge in [-0.05, 0) is 31.2 Å². The van der Waals surface area contributed by atoms with Crippen molar-refractivity contribution in [2.75, 3.05) is 6.61 Å². The van der Waals surface area contributed by atoms with E-state index in [1.165, 1.54) is 0 Å². The van der Waals surface area contributed by atoms with Gasteiger partial charge in [0.25, 0.3) is 0 Å². The highest BCUT2D eigenvalue weighted by molar-refractivity contribution is 5.72. The van der Waals surface area contributed by atoms with Crippen LogP contribution < -0.4 is 0 Å². The summed E-state index contributed by atoms with van der Waals surface area (Å²) in [7, 11) is 0. The molecule has 5 atom stereocenters. The lowest BCUT2D eigenvalue weighted by molar-refractivity contribution is -0.253. The summed E-state index contributed by atoms with van der Waals surface area (Å²) in [5.74, 6) is -2.25. The minimum absolute atomic E-state index is 0.0870. The molecule has 0 aliphatic carbocycles. The smallest absolute Gasteiger partial charge is 0.306 e. The molecule has 12 heteroatoms. The predicted octanol–water partition coefficient (Wildman–Crippen LogP) is 5.06. The molecule has 1 aliphatic rings. The Hall–Kier alpha value is -2.85. The van der Waals surface area contributed by atoms with Crippen LogP contribution >= 0.6 is 0 Å². The zero-order valence-electron chi connectivity index (χ0n) is 23.1. The van der Waals surface area contributed by atoms with Crippen LogP contribution in [0.1, 0.15) is 105 Å². The van der Waals surface area contributed by atoms with Crippen molar-refractivity contribution in [3.8, 4) is 0 Å². The van der Waals surface area contributed by atoms with Crippen molar-refractivity contribution in [3.05, 3.63) is 10.4 Å². The van der Waals surface area contributed by atoms with Crippen molar-refractivity contribution in [2.45, 2.75) is 135 Å². The number of carbonyl (C=O) groups is 4. The first-order valence-electron chi connectivity index (χ1n) is 13.7. The van der Waals surface area contributed by atoms with E-state index in [0.717, 1.165) is 25.7 Å². The second-order valence-corrected chi connectivity index (χ2v) is 9.23. The largest absolute Gasteiger partial charge is 0.463 e. The van der Waals surface area contributed by atoms with Gasteiger partial charge in [0.15, 0.2) is 24.5 Å². The molecule has 1 aliphatic heterocycles. The van der Waals surface area contributed by atoms with E-state index in [1.807, 2.05) is 27.7 Å². The van der Waals surface area contributed by atoms with Gasteiger partial charge in [0.2, 0.25) is 0 Å². The van der Waals surface area contributed by atoms with Crippen LogP contribution in [0.15, 0.2) is 5.11 Å². The minimum atomic E-state index is -1.40. The summed E-state index contributed by atoms with van der Waals surface area (Å²) in [4.78, 5) is 52.9. The molecule has 1 heterocycles. The number of esters is 4. The fourth-order valence-electron chi connectivity index (χ4n) is 3.74. The van der Waals surface area contributed by atoms with E-state index < -0.39 is 54.5 Å². The van der Waals surface area contributed by atoms with E-state index in [4.69, 9.17) is 29.2 Å². The van der Waals surface area contributed by atoms with Gasteiger partial charge in [0.1, 0.15) is 12.7 Å². The van der Waals surface area contributed by atoms with Crippen molar-refractivity contribution in [2.24, 2.45) is 5.11 Å². The van der Waals surface area contributed by atoms with Crippen LogP contribution in [0.3, 0.4) is 0 Å². The number of azide groups is 1. The normalized spacial score (nSPS) is 22.6. The third-order valence-corrected chi connectivity index (χ3v) is 5.92. The number of unbranched alkanes of at least 4 members (excludes halogenated alkanes) is 4. The highest BCUT2D eigenvalue weighted by Gasteiger charge is 2.52. The number of ether oxygens (including phenoxy) is 5. The summed E-state index contributed by atoms with van der Waals surface area (Å²) in [5.41, 5.74) is 9.17. The predicted molar refractivity (Wildman–Crippen MR) is 137 cm³/mol. The molecule has 0 N–H and O–H groups in total. The number of carbonyl (C=O) groups excluding carboxylic acids is 4. The van der Waals surface area contributed by atoms with Gasteiger partial charge in [0.05, 0.1) is 0 Å². The van der Waals surface area contributed by atoms with Crippen LogP contribution in [0.25, 0.3) is 10.4 Å². The van der Waals surface area contributed by atoms with Crippen molar-refractivity contribution < 1.29 is 42.9 Å². The first kappa shape index (κ1) is 33.2. The van der Waals surface area contributed by atoms with E-state index in [-0.39, 0.29) is 32.3 Å².